The standard InChI is InChI=1S/C12H17BrN2O/c1-8-3-4-11(10(13)7-8)15-12(16)9(2)5-6-14/h3-4,7,9H,5-6,14H2,1-2H3,(H,15,16). The van der Waals surface area contributed by atoms with Crippen LogP contribution in [0.2, 0.25) is 0 Å². The van der Waals surface area contributed by atoms with Gasteiger partial charge in [-0.15, -0.1) is 0 Å². The summed E-state index contributed by atoms with van der Waals surface area (Å²) in [7, 11) is 0. The van der Waals surface area contributed by atoms with Gasteiger partial charge in [0.05, 0.1) is 5.69 Å². The Balaban J connectivity index is 2.69. The first-order valence-electron chi connectivity index (χ1n) is 5.31. The molecule has 4 heteroatoms. The second-order valence-electron chi connectivity index (χ2n) is 3.95. The zero-order chi connectivity index (χ0) is 12.1. The van der Waals surface area contributed by atoms with Gasteiger partial charge in [-0.1, -0.05) is 13.0 Å². The molecule has 16 heavy (non-hydrogen) atoms. The quantitative estimate of drug-likeness (QED) is 0.893. The van der Waals surface area contributed by atoms with Crippen LogP contribution in [0.25, 0.3) is 0 Å². The summed E-state index contributed by atoms with van der Waals surface area (Å²) in [6, 6.07) is 5.84. The molecule has 1 aromatic rings. The number of anilines is 1. The average molecular weight is 285 g/mol. The fourth-order valence-corrected chi connectivity index (χ4v) is 1.95. The lowest BCUT2D eigenvalue weighted by Crippen LogP contribution is -2.22. The van der Waals surface area contributed by atoms with Gasteiger partial charge >= 0.3 is 0 Å². The van der Waals surface area contributed by atoms with Crippen molar-refractivity contribution in [2.45, 2.75) is 20.3 Å². The summed E-state index contributed by atoms with van der Waals surface area (Å²) in [4.78, 5) is 11.8. The van der Waals surface area contributed by atoms with E-state index in [4.69, 9.17) is 5.73 Å². The van der Waals surface area contributed by atoms with Crippen molar-refractivity contribution in [3.8, 4) is 0 Å². The monoisotopic (exact) mass is 284 g/mol. The van der Waals surface area contributed by atoms with Gasteiger partial charge in [-0.05, 0) is 53.5 Å². The summed E-state index contributed by atoms with van der Waals surface area (Å²) in [6.45, 7) is 4.42. The first-order chi connectivity index (χ1) is 7.54. The molecular weight excluding hydrogens is 268 g/mol. The van der Waals surface area contributed by atoms with Crippen LogP contribution in [-0.4, -0.2) is 12.5 Å². The number of aryl methyl sites for hydroxylation is 1. The topological polar surface area (TPSA) is 55.1 Å². The number of nitrogens with two attached hydrogens (primary N) is 1. The number of benzene rings is 1. The van der Waals surface area contributed by atoms with Gasteiger partial charge in [0.2, 0.25) is 5.91 Å². The van der Waals surface area contributed by atoms with Crippen LogP contribution in [0.5, 0.6) is 0 Å². The lowest BCUT2D eigenvalue weighted by Gasteiger charge is -2.12. The van der Waals surface area contributed by atoms with Crippen LogP contribution in [0.4, 0.5) is 5.69 Å². The molecule has 0 bridgehead atoms. The maximum atomic E-state index is 11.8. The zero-order valence-electron chi connectivity index (χ0n) is 9.59. The first kappa shape index (κ1) is 13.2. The van der Waals surface area contributed by atoms with Crippen molar-refractivity contribution in [1.29, 1.82) is 0 Å². The zero-order valence-corrected chi connectivity index (χ0v) is 11.2. The SMILES string of the molecule is Cc1ccc(NC(=O)C(C)CCN)c(Br)c1. The molecule has 0 fully saturated rings. The normalized spacial score (nSPS) is 12.2. The van der Waals surface area contributed by atoms with Crippen molar-refractivity contribution in [3.63, 3.8) is 0 Å². The summed E-state index contributed by atoms with van der Waals surface area (Å²) >= 11 is 3.42. The second-order valence-corrected chi connectivity index (χ2v) is 4.81. The Morgan fingerprint density at radius 1 is 1.56 bits per heavy atom. The largest absolute Gasteiger partial charge is 0.330 e. The summed E-state index contributed by atoms with van der Waals surface area (Å²) in [5.41, 5.74) is 7.38. The molecule has 0 aliphatic heterocycles. The van der Waals surface area contributed by atoms with E-state index in [1.54, 1.807) is 0 Å². The molecule has 1 amide bonds. The Hall–Kier alpha value is -0.870. The number of carbonyl (C=O) groups excluding carboxylic acids is 1. The minimum atomic E-state index is -0.0572. The Morgan fingerprint density at radius 3 is 2.81 bits per heavy atom. The summed E-state index contributed by atoms with van der Waals surface area (Å²) in [5, 5.41) is 2.88. The Morgan fingerprint density at radius 2 is 2.25 bits per heavy atom. The van der Waals surface area contributed by atoms with E-state index in [0.717, 1.165) is 15.7 Å². The van der Waals surface area contributed by atoms with E-state index in [9.17, 15) is 4.79 Å². The van der Waals surface area contributed by atoms with E-state index in [2.05, 4.69) is 21.2 Å². The van der Waals surface area contributed by atoms with Crippen LogP contribution in [-0.2, 0) is 4.79 Å². The van der Waals surface area contributed by atoms with Crippen molar-refractivity contribution in [3.05, 3.63) is 28.2 Å². The number of nitrogens with one attached hydrogen (secondary N) is 1. The molecule has 0 aliphatic carbocycles. The highest BCUT2D eigenvalue weighted by Crippen LogP contribution is 2.23. The summed E-state index contributed by atoms with van der Waals surface area (Å²) < 4.78 is 0.904. The molecule has 1 aromatic carbocycles. The van der Waals surface area contributed by atoms with Gasteiger partial charge in [-0.3, -0.25) is 4.79 Å². The Kier molecular flexibility index (Phi) is 4.96. The van der Waals surface area contributed by atoms with Gasteiger partial charge in [0.1, 0.15) is 0 Å². The number of carbonyl (C=O) groups is 1. The molecule has 0 aliphatic rings. The third-order valence-corrected chi connectivity index (χ3v) is 3.09. The van der Waals surface area contributed by atoms with Crippen molar-refractivity contribution in [2.75, 3.05) is 11.9 Å². The maximum Gasteiger partial charge on any atom is 0.227 e. The Labute approximate surface area is 105 Å². The fraction of sp³-hybridized carbons (Fsp3) is 0.417. The number of halogens is 1. The van der Waals surface area contributed by atoms with Crippen LogP contribution < -0.4 is 11.1 Å². The van der Waals surface area contributed by atoms with E-state index in [1.165, 1.54) is 0 Å². The molecule has 0 saturated heterocycles. The molecule has 0 heterocycles. The second kappa shape index (κ2) is 6.01. The highest BCUT2D eigenvalue weighted by Gasteiger charge is 2.13. The van der Waals surface area contributed by atoms with Gasteiger partial charge in [0.25, 0.3) is 0 Å². The smallest absolute Gasteiger partial charge is 0.227 e. The third kappa shape index (κ3) is 3.61. The number of rotatable bonds is 4. The molecule has 1 atom stereocenters. The van der Waals surface area contributed by atoms with E-state index >= 15 is 0 Å². The molecule has 1 rings (SSSR count). The van der Waals surface area contributed by atoms with Gasteiger partial charge in [-0.2, -0.15) is 0 Å². The van der Waals surface area contributed by atoms with Gasteiger partial charge in [0, 0.05) is 10.4 Å². The minimum absolute atomic E-state index is 0.00926. The van der Waals surface area contributed by atoms with Gasteiger partial charge in [0.15, 0.2) is 0 Å². The van der Waals surface area contributed by atoms with Crippen molar-refractivity contribution in [2.24, 2.45) is 11.7 Å². The number of amides is 1. The average Bonchev–Trinajstić information content (AvgIpc) is 2.22. The van der Waals surface area contributed by atoms with Crippen molar-refractivity contribution >= 4 is 27.5 Å². The third-order valence-electron chi connectivity index (χ3n) is 2.43. The van der Waals surface area contributed by atoms with Crippen LogP contribution in [0.15, 0.2) is 22.7 Å². The van der Waals surface area contributed by atoms with Gasteiger partial charge in [-0.25, -0.2) is 0 Å². The number of hydrogen-bond acceptors (Lipinski definition) is 2. The van der Waals surface area contributed by atoms with E-state index in [1.807, 2.05) is 32.0 Å². The molecule has 0 radical (unpaired) electrons. The molecule has 0 spiro atoms. The summed E-state index contributed by atoms with van der Waals surface area (Å²) in [5.74, 6) is -0.0480. The molecule has 88 valence electrons. The minimum Gasteiger partial charge on any atom is -0.330 e. The van der Waals surface area contributed by atoms with E-state index in [-0.39, 0.29) is 11.8 Å². The lowest BCUT2D eigenvalue weighted by atomic mass is 10.1. The first-order valence-corrected chi connectivity index (χ1v) is 6.11. The number of hydrogen-bond donors (Lipinski definition) is 2. The predicted octanol–water partition coefficient (Wildman–Crippen LogP) is 2.68. The van der Waals surface area contributed by atoms with Crippen LogP contribution >= 0.6 is 15.9 Å². The van der Waals surface area contributed by atoms with Crippen LogP contribution in [0, 0.1) is 12.8 Å². The van der Waals surface area contributed by atoms with Crippen LogP contribution in [0.1, 0.15) is 18.9 Å². The molecule has 3 N–H and O–H groups in total. The van der Waals surface area contributed by atoms with Crippen molar-refractivity contribution in [1.82, 2.24) is 0 Å². The highest BCUT2D eigenvalue weighted by atomic mass is 79.9. The molecule has 3 nitrogen and oxygen atoms in total. The molecule has 0 saturated carbocycles. The lowest BCUT2D eigenvalue weighted by molar-refractivity contribution is -0.119. The highest BCUT2D eigenvalue weighted by molar-refractivity contribution is 9.10. The predicted molar refractivity (Wildman–Crippen MR) is 70.3 cm³/mol. The van der Waals surface area contributed by atoms with E-state index in [0.29, 0.717) is 13.0 Å². The van der Waals surface area contributed by atoms with Crippen LogP contribution in [0.3, 0.4) is 0 Å². The fourth-order valence-electron chi connectivity index (χ4n) is 1.36. The van der Waals surface area contributed by atoms with Crippen molar-refractivity contribution < 1.29 is 4.79 Å². The summed E-state index contributed by atoms with van der Waals surface area (Å²) in [6.07, 6.45) is 0.704. The van der Waals surface area contributed by atoms with E-state index < -0.39 is 0 Å². The molecule has 1 unspecified atom stereocenters. The maximum absolute atomic E-state index is 11.8. The Bertz CT molecular complexity index is 379. The molecule has 0 aromatic heterocycles. The van der Waals surface area contributed by atoms with Gasteiger partial charge < -0.3 is 11.1 Å². The molecular formula is C12H17BrN2O.